The zero-order valence-corrected chi connectivity index (χ0v) is 11.6. The summed E-state index contributed by atoms with van der Waals surface area (Å²) in [5.74, 6) is -0.518. The molecular weight excluding hydrogens is 267 g/mol. The molecule has 0 bridgehead atoms. The van der Waals surface area contributed by atoms with Crippen LogP contribution in [-0.4, -0.2) is 29.6 Å². The minimum Gasteiger partial charge on any atom is -0.327 e. The van der Waals surface area contributed by atoms with Gasteiger partial charge in [-0.05, 0) is 56.4 Å². The number of carbonyl (C=O) groups is 1. The maximum atomic E-state index is 13.0. The molecule has 1 aromatic rings. The molecule has 2 rings (SSSR count). The van der Waals surface area contributed by atoms with Crippen LogP contribution in [0, 0.1) is 13.8 Å². The number of likely N-dealkylation sites (tertiary alicyclic amines) is 1. The number of hydrogen-bond donors (Lipinski definition) is 0. The van der Waals surface area contributed by atoms with Gasteiger partial charge in [0.25, 0.3) is 5.91 Å². The van der Waals surface area contributed by atoms with Gasteiger partial charge < -0.3 is 4.90 Å². The van der Waals surface area contributed by atoms with Crippen molar-refractivity contribution in [3.63, 3.8) is 0 Å². The first-order valence-electron chi connectivity index (χ1n) is 6.75. The molecule has 0 saturated carbocycles. The number of alkyl halides is 3. The van der Waals surface area contributed by atoms with Gasteiger partial charge in [-0.2, -0.15) is 13.2 Å². The zero-order valence-electron chi connectivity index (χ0n) is 11.6. The second-order valence-electron chi connectivity index (χ2n) is 5.35. The molecule has 20 heavy (non-hydrogen) atoms. The summed E-state index contributed by atoms with van der Waals surface area (Å²) in [6, 6.07) is 3.40. The number of hydrogen-bond acceptors (Lipinski definition) is 1. The van der Waals surface area contributed by atoms with Crippen LogP contribution in [-0.2, 0) is 0 Å². The summed E-state index contributed by atoms with van der Waals surface area (Å²) >= 11 is 0. The first-order chi connectivity index (χ1) is 9.30. The minimum atomic E-state index is -4.35. The SMILES string of the molecule is Cc1ccc(C(=O)N2CCCCC2C(F)(F)F)cc1C. The van der Waals surface area contributed by atoms with Crippen LogP contribution >= 0.6 is 0 Å². The van der Waals surface area contributed by atoms with Crippen molar-refractivity contribution in [3.8, 4) is 0 Å². The van der Waals surface area contributed by atoms with Crippen molar-refractivity contribution in [2.45, 2.75) is 45.3 Å². The van der Waals surface area contributed by atoms with E-state index in [0.717, 1.165) is 16.0 Å². The third kappa shape index (κ3) is 2.97. The molecule has 110 valence electrons. The molecule has 5 heteroatoms. The monoisotopic (exact) mass is 285 g/mol. The summed E-state index contributed by atoms with van der Waals surface area (Å²) in [4.78, 5) is 13.3. The molecule has 1 aliphatic rings. The second kappa shape index (κ2) is 5.46. The highest BCUT2D eigenvalue weighted by Crippen LogP contribution is 2.32. The van der Waals surface area contributed by atoms with E-state index in [1.54, 1.807) is 18.2 Å². The van der Waals surface area contributed by atoms with Gasteiger partial charge in [-0.3, -0.25) is 4.79 Å². The van der Waals surface area contributed by atoms with E-state index >= 15 is 0 Å². The first kappa shape index (κ1) is 14.9. The average Bonchev–Trinajstić information content (AvgIpc) is 2.40. The lowest BCUT2D eigenvalue weighted by atomic mass is 9.99. The van der Waals surface area contributed by atoms with E-state index in [4.69, 9.17) is 0 Å². The fourth-order valence-corrected chi connectivity index (χ4v) is 2.56. The van der Waals surface area contributed by atoms with Crippen molar-refractivity contribution in [2.24, 2.45) is 0 Å². The van der Waals surface area contributed by atoms with Crippen molar-refractivity contribution >= 4 is 5.91 Å². The van der Waals surface area contributed by atoms with Gasteiger partial charge >= 0.3 is 6.18 Å². The summed E-state index contributed by atoms with van der Waals surface area (Å²) in [7, 11) is 0. The number of amides is 1. The maximum Gasteiger partial charge on any atom is 0.408 e. The largest absolute Gasteiger partial charge is 0.408 e. The van der Waals surface area contributed by atoms with Crippen LogP contribution in [0.3, 0.4) is 0 Å². The van der Waals surface area contributed by atoms with Gasteiger partial charge in [-0.15, -0.1) is 0 Å². The first-order valence-corrected chi connectivity index (χ1v) is 6.75. The number of rotatable bonds is 1. The molecule has 0 spiro atoms. The Kier molecular flexibility index (Phi) is 4.06. The summed E-state index contributed by atoms with van der Waals surface area (Å²) in [6.07, 6.45) is -3.21. The van der Waals surface area contributed by atoms with Crippen LogP contribution in [0.15, 0.2) is 18.2 Å². The Hall–Kier alpha value is -1.52. The lowest BCUT2D eigenvalue weighted by Gasteiger charge is -2.36. The maximum absolute atomic E-state index is 13.0. The average molecular weight is 285 g/mol. The smallest absolute Gasteiger partial charge is 0.327 e. The summed E-state index contributed by atoms with van der Waals surface area (Å²) in [5, 5.41) is 0. The fourth-order valence-electron chi connectivity index (χ4n) is 2.56. The van der Waals surface area contributed by atoms with Crippen LogP contribution in [0.2, 0.25) is 0 Å². The molecule has 1 aliphatic heterocycles. The molecular formula is C15H18F3NO. The van der Waals surface area contributed by atoms with E-state index in [-0.39, 0.29) is 13.0 Å². The van der Waals surface area contributed by atoms with Gasteiger partial charge in [0.2, 0.25) is 0 Å². The third-order valence-electron chi connectivity index (χ3n) is 3.90. The lowest BCUT2D eigenvalue weighted by Crippen LogP contribution is -2.51. The standard InChI is InChI=1S/C15H18F3NO/c1-10-6-7-12(9-11(10)2)14(20)19-8-4-3-5-13(19)15(16,17)18/h6-7,9,13H,3-5,8H2,1-2H3. The van der Waals surface area contributed by atoms with Gasteiger partial charge in [-0.25, -0.2) is 0 Å². The van der Waals surface area contributed by atoms with Crippen LogP contribution < -0.4 is 0 Å². The Morgan fingerprint density at radius 2 is 1.90 bits per heavy atom. The van der Waals surface area contributed by atoms with Crippen LogP contribution in [0.5, 0.6) is 0 Å². The minimum absolute atomic E-state index is 0.0000828. The molecule has 1 atom stereocenters. The molecule has 1 amide bonds. The molecule has 1 fully saturated rings. The van der Waals surface area contributed by atoms with Crippen molar-refractivity contribution in [1.29, 1.82) is 0 Å². The highest BCUT2D eigenvalue weighted by Gasteiger charge is 2.46. The number of halogens is 3. The van der Waals surface area contributed by atoms with Gasteiger partial charge in [0.1, 0.15) is 6.04 Å². The topological polar surface area (TPSA) is 20.3 Å². The van der Waals surface area contributed by atoms with Crippen molar-refractivity contribution in [1.82, 2.24) is 4.90 Å². The van der Waals surface area contributed by atoms with Gasteiger partial charge in [0, 0.05) is 12.1 Å². The van der Waals surface area contributed by atoms with Gasteiger partial charge in [0.15, 0.2) is 0 Å². The molecule has 1 heterocycles. The Bertz CT molecular complexity index is 510. The summed E-state index contributed by atoms with van der Waals surface area (Å²) in [6.45, 7) is 3.93. The van der Waals surface area contributed by atoms with Crippen molar-refractivity contribution in [2.75, 3.05) is 6.54 Å². The van der Waals surface area contributed by atoms with Gasteiger partial charge in [0.05, 0.1) is 0 Å². The summed E-state index contributed by atoms with van der Waals surface area (Å²) < 4.78 is 39.1. The number of aryl methyl sites for hydroxylation is 2. The number of carbonyl (C=O) groups excluding carboxylic acids is 1. The van der Waals surface area contributed by atoms with Gasteiger partial charge in [-0.1, -0.05) is 6.07 Å². The Balaban J connectivity index is 2.27. The predicted molar refractivity (Wildman–Crippen MR) is 70.6 cm³/mol. The van der Waals surface area contributed by atoms with E-state index in [9.17, 15) is 18.0 Å². The molecule has 1 saturated heterocycles. The van der Waals surface area contributed by atoms with E-state index < -0.39 is 18.1 Å². The second-order valence-corrected chi connectivity index (χ2v) is 5.35. The Morgan fingerprint density at radius 3 is 2.50 bits per heavy atom. The highest BCUT2D eigenvalue weighted by molar-refractivity contribution is 5.94. The Morgan fingerprint density at radius 1 is 1.20 bits per heavy atom. The zero-order chi connectivity index (χ0) is 14.9. The normalized spacial score (nSPS) is 20.1. The van der Waals surface area contributed by atoms with E-state index in [1.807, 2.05) is 13.8 Å². The van der Waals surface area contributed by atoms with Crippen LogP contribution in [0.25, 0.3) is 0 Å². The molecule has 1 aromatic carbocycles. The third-order valence-corrected chi connectivity index (χ3v) is 3.90. The molecule has 0 radical (unpaired) electrons. The molecule has 0 aromatic heterocycles. The molecule has 2 nitrogen and oxygen atoms in total. The molecule has 1 unspecified atom stereocenters. The number of piperidine rings is 1. The summed E-state index contributed by atoms with van der Waals surface area (Å²) in [5.41, 5.74) is 2.27. The molecule has 0 N–H and O–H groups in total. The lowest BCUT2D eigenvalue weighted by molar-refractivity contribution is -0.183. The van der Waals surface area contributed by atoms with Crippen LogP contribution in [0.4, 0.5) is 13.2 Å². The van der Waals surface area contributed by atoms with Crippen molar-refractivity contribution in [3.05, 3.63) is 34.9 Å². The highest BCUT2D eigenvalue weighted by atomic mass is 19.4. The quantitative estimate of drug-likeness (QED) is 0.767. The van der Waals surface area contributed by atoms with Crippen LogP contribution in [0.1, 0.15) is 40.7 Å². The fraction of sp³-hybridized carbons (Fsp3) is 0.533. The predicted octanol–water partition coefficient (Wildman–Crippen LogP) is 3.86. The number of benzene rings is 1. The van der Waals surface area contributed by atoms with E-state index in [1.165, 1.54) is 0 Å². The molecule has 0 aliphatic carbocycles. The Labute approximate surface area is 116 Å². The van der Waals surface area contributed by atoms with E-state index in [0.29, 0.717) is 18.4 Å². The number of nitrogens with zero attached hydrogens (tertiary/aromatic N) is 1. The van der Waals surface area contributed by atoms with E-state index in [2.05, 4.69) is 0 Å². The van der Waals surface area contributed by atoms with Crippen molar-refractivity contribution < 1.29 is 18.0 Å².